The second kappa shape index (κ2) is 6.31. The highest BCUT2D eigenvalue weighted by Crippen LogP contribution is 2.27. The van der Waals surface area contributed by atoms with Crippen LogP contribution in [0, 0.1) is 25.5 Å². The monoisotopic (exact) mass is 368 g/mol. The lowest BCUT2D eigenvalue weighted by Gasteiger charge is -2.11. The number of carbonyl (C=O) groups excluding carboxylic acids is 1. The van der Waals surface area contributed by atoms with Crippen LogP contribution in [0.2, 0.25) is 0 Å². The number of halogens is 2. The molecular weight excluding hydrogens is 354 g/mol. The van der Waals surface area contributed by atoms with Gasteiger partial charge in [0.15, 0.2) is 23.1 Å². The van der Waals surface area contributed by atoms with Crippen LogP contribution in [0.1, 0.15) is 11.6 Å². The Bertz CT molecular complexity index is 1200. The summed E-state index contributed by atoms with van der Waals surface area (Å²) in [6.45, 7) is 3.37. The van der Waals surface area contributed by atoms with Gasteiger partial charge >= 0.3 is 6.03 Å². The summed E-state index contributed by atoms with van der Waals surface area (Å²) in [4.78, 5) is 20.6. The van der Waals surface area contributed by atoms with Crippen molar-refractivity contribution in [2.24, 2.45) is 0 Å². The molecule has 0 aliphatic rings. The highest BCUT2D eigenvalue weighted by atomic mass is 19.2. The molecule has 2 aromatic carbocycles. The molecule has 2 aromatic heterocycles. The van der Waals surface area contributed by atoms with Crippen LogP contribution in [0.5, 0.6) is 0 Å². The van der Waals surface area contributed by atoms with Crippen LogP contribution < -0.4 is 10.6 Å². The average Bonchev–Trinajstić information content (AvgIpc) is 2.97. The number of oxazole rings is 1. The van der Waals surface area contributed by atoms with Gasteiger partial charge in [-0.25, -0.2) is 23.5 Å². The average molecular weight is 368 g/mol. The van der Waals surface area contributed by atoms with E-state index in [2.05, 4.69) is 20.6 Å². The van der Waals surface area contributed by atoms with Gasteiger partial charge in [0.1, 0.15) is 11.0 Å². The van der Waals surface area contributed by atoms with Crippen LogP contribution in [0.25, 0.3) is 22.0 Å². The van der Waals surface area contributed by atoms with Gasteiger partial charge in [0.25, 0.3) is 0 Å². The summed E-state index contributed by atoms with van der Waals surface area (Å²) in [5.74, 6) is -1.52. The molecule has 136 valence electrons. The zero-order chi connectivity index (χ0) is 19.1. The van der Waals surface area contributed by atoms with Gasteiger partial charge in [-0.15, -0.1) is 0 Å². The molecule has 6 nitrogen and oxygen atoms in total. The van der Waals surface area contributed by atoms with Crippen LogP contribution in [0.4, 0.5) is 25.0 Å². The number of hydrogen-bond acceptors (Lipinski definition) is 4. The molecule has 0 aliphatic carbocycles. The molecule has 0 radical (unpaired) electrons. The van der Waals surface area contributed by atoms with Gasteiger partial charge in [0.05, 0.1) is 5.69 Å². The van der Waals surface area contributed by atoms with Crippen molar-refractivity contribution in [1.82, 2.24) is 9.97 Å². The zero-order valence-corrected chi connectivity index (χ0v) is 14.4. The standard InChI is InChI=1S/C19H14F2N4O2/c1-9-7-15(12-4-5-13(20)17(21)18(12)22-9)25-19(26)24-11-3-6-14-16(8-11)27-10(2)23-14/h3-8H,1-2H3,(H2,22,24,25,26). The SMILES string of the molecule is Cc1cc(NC(=O)Nc2ccc3nc(C)oc3c2)c2ccc(F)c(F)c2n1. The molecule has 0 saturated heterocycles. The Morgan fingerprint density at radius 2 is 1.85 bits per heavy atom. The minimum atomic E-state index is -1.05. The normalized spacial score (nSPS) is 11.1. The largest absolute Gasteiger partial charge is 0.441 e. The van der Waals surface area contributed by atoms with Crippen LogP contribution >= 0.6 is 0 Å². The third-order valence-corrected chi connectivity index (χ3v) is 4.00. The van der Waals surface area contributed by atoms with Crippen molar-refractivity contribution >= 4 is 39.4 Å². The highest BCUT2D eigenvalue weighted by molar-refractivity contribution is 6.06. The summed E-state index contributed by atoms with van der Waals surface area (Å²) < 4.78 is 32.9. The maximum absolute atomic E-state index is 14.0. The van der Waals surface area contributed by atoms with Crippen LogP contribution in [-0.4, -0.2) is 16.0 Å². The van der Waals surface area contributed by atoms with Gasteiger partial charge in [-0.3, -0.25) is 0 Å². The first-order valence-corrected chi connectivity index (χ1v) is 8.11. The Labute approximate surface area is 152 Å². The van der Waals surface area contributed by atoms with Crippen molar-refractivity contribution in [3.8, 4) is 0 Å². The number of fused-ring (bicyclic) bond motifs is 2. The Morgan fingerprint density at radius 1 is 1.04 bits per heavy atom. The predicted molar refractivity (Wildman–Crippen MR) is 97.8 cm³/mol. The first kappa shape index (κ1) is 16.9. The molecular formula is C19H14F2N4O2. The molecule has 0 unspecified atom stereocenters. The fraction of sp³-hybridized carbons (Fsp3) is 0.105. The van der Waals surface area contributed by atoms with E-state index in [0.29, 0.717) is 39.4 Å². The molecule has 0 saturated carbocycles. The molecule has 2 amide bonds. The van der Waals surface area contributed by atoms with Gasteiger partial charge in [0, 0.05) is 29.8 Å². The molecule has 4 aromatic rings. The van der Waals surface area contributed by atoms with E-state index in [1.54, 1.807) is 38.1 Å². The smallest absolute Gasteiger partial charge is 0.323 e. The second-order valence-corrected chi connectivity index (χ2v) is 6.06. The number of aryl methyl sites for hydroxylation is 2. The number of nitrogens with zero attached hydrogens (tertiary/aromatic N) is 2. The molecule has 27 heavy (non-hydrogen) atoms. The molecule has 4 rings (SSSR count). The van der Waals surface area contributed by atoms with Crippen LogP contribution in [0.15, 0.2) is 40.8 Å². The van der Waals surface area contributed by atoms with Gasteiger partial charge in [-0.05, 0) is 37.3 Å². The third-order valence-electron chi connectivity index (χ3n) is 4.00. The van der Waals surface area contributed by atoms with Crippen molar-refractivity contribution in [2.45, 2.75) is 13.8 Å². The van der Waals surface area contributed by atoms with E-state index in [9.17, 15) is 13.6 Å². The summed E-state index contributed by atoms with van der Waals surface area (Å²) in [5.41, 5.74) is 2.37. The number of amides is 2. The Balaban J connectivity index is 1.63. The second-order valence-electron chi connectivity index (χ2n) is 6.06. The van der Waals surface area contributed by atoms with E-state index >= 15 is 0 Å². The van der Waals surface area contributed by atoms with Crippen molar-refractivity contribution in [3.63, 3.8) is 0 Å². The molecule has 0 atom stereocenters. The maximum Gasteiger partial charge on any atom is 0.323 e. The quantitative estimate of drug-likeness (QED) is 0.527. The Morgan fingerprint density at radius 3 is 2.67 bits per heavy atom. The Kier molecular flexibility index (Phi) is 3.95. The number of anilines is 2. The fourth-order valence-electron chi connectivity index (χ4n) is 2.87. The first-order chi connectivity index (χ1) is 12.9. The number of urea groups is 1. The lowest BCUT2D eigenvalue weighted by Crippen LogP contribution is -2.19. The number of aromatic nitrogens is 2. The van der Waals surface area contributed by atoms with E-state index in [4.69, 9.17) is 4.42 Å². The van der Waals surface area contributed by atoms with E-state index in [1.807, 2.05) is 0 Å². The summed E-state index contributed by atoms with van der Waals surface area (Å²) in [6.07, 6.45) is 0. The van der Waals surface area contributed by atoms with E-state index in [1.165, 1.54) is 6.07 Å². The molecule has 0 bridgehead atoms. The predicted octanol–water partition coefficient (Wildman–Crippen LogP) is 4.92. The van der Waals surface area contributed by atoms with Gasteiger partial charge in [-0.1, -0.05) is 0 Å². The number of pyridine rings is 1. The number of benzene rings is 2. The third kappa shape index (κ3) is 3.17. The van der Waals surface area contributed by atoms with Crippen LogP contribution in [-0.2, 0) is 0 Å². The first-order valence-electron chi connectivity index (χ1n) is 8.11. The molecule has 8 heteroatoms. The number of nitrogens with one attached hydrogen (secondary N) is 2. The lowest BCUT2D eigenvalue weighted by atomic mass is 10.1. The van der Waals surface area contributed by atoms with E-state index < -0.39 is 17.7 Å². The van der Waals surface area contributed by atoms with Crippen molar-refractivity contribution in [2.75, 3.05) is 10.6 Å². The number of carbonyl (C=O) groups is 1. The summed E-state index contributed by atoms with van der Waals surface area (Å²) in [7, 11) is 0. The van der Waals surface area contributed by atoms with E-state index in [-0.39, 0.29) is 5.52 Å². The van der Waals surface area contributed by atoms with Gasteiger partial charge < -0.3 is 15.1 Å². The van der Waals surface area contributed by atoms with Crippen molar-refractivity contribution < 1.29 is 18.0 Å². The van der Waals surface area contributed by atoms with Gasteiger partial charge in [0.2, 0.25) is 0 Å². The summed E-state index contributed by atoms with van der Waals surface area (Å²) in [6, 6.07) is 8.49. The fourth-order valence-corrected chi connectivity index (χ4v) is 2.87. The zero-order valence-electron chi connectivity index (χ0n) is 14.4. The highest BCUT2D eigenvalue weighted by Gasteiger charge is 2.14. The maximum atomic E-state index is 14.0. The van der Waals surface area contributed by atoms with Crippen molar-refractivity contribution in [3.05, 3.63) is 59.6 Å². The molecule has 2 heterocycles. The Hall–Kier alpha value is -3.55. The summed E-state index contributed by atoms with van der Waals surface area (Å²) >= 11 is 0. The lowest BCUT2D eigenvalue weighted by molar-refractivity contribution is 0.262. The minimum Gasteiger partial charge on any atom is -0.441 e. The van der Waals surface area contributed by atoms with Crippen molar-refractivity contribution in [1.29, 1.82) is 0 Å². The molecule has 0 fully saturated rings. The minimum absolute atomic E-state index is 0.135. The topological polar surface area (TPSA) is 80.0 Å². The van der Waals surface area contributed by atoms with E-state index in [0.717, 1.165) is 6.07 Å². The number of rotatable bonds is 2. The molecule has 0 spiro atoms. The molecule has 0 aliphatic heterocycles. The van der Waals surface area contributed by atoms with Gasteiger partial charge in [-0.2, -0.15) is 0 Å². The van der Waals surface area contributed by atoms with Crippen LogP contribution in [0.3, 0.4) is 0 Å². The molecule has 2 N–H and O–H groups in total. The summed E-state index contributed by atoms with van der Waals surface area (Å²) in [5, 5.41) is 5.63. The number of hydrogen-bond donors (Lipinski definition) is 2.